The van der Waals surface area contributed by atoms with Gasteiger partial charge in [-0.05, 0) is 24.7 Å². The fraction of sp³-hybridized carbons (Fsp3) is 0.933. The van der Waals surface area contributed by atoms with Crippen LogP contribution in [0.2, 0.25) is 0 Å². The number of unbranched alkanes of at least 4 members (excludes halogenated alkanes) is 4. The molecule has 1 amide bonds. The predicted octanol–water partition coefficient (Wildman–Crippen LogP) is 4.29. The second-order valence-electron chi connectivity index (χ2n) is 6.18. The van der Waals surface area contributed by atoms with Crippen LogP contribution in [0.4, 0.5) is 0 Å². The van der Waals surface area contributed by atoms with Gasteiger partial charge in [0.25, 0.3) is 0 Å². The van der Waals surface area contributed by atoms with Crippen LogP contribution >= 0.6 is 0 Å². The highest BCUT2D eigenvalue weighted by atomic mass is 16.1. The molecule has 2 heteroatoms. The number of carbonyl (C=O) groups is 1. The zero-order chi connectivity index (χ0) is 13.1. The standard InChI is InChI=1S/C15H31NO/c1-5-6-10-13-16-14(17)11-8-7-9-12-15(2,3)4/h5-13H2,1-4H3,(H,16,17). The van der Waals surface area contributed by atoms with Gasteiger partial charge in [0.05, 0.1) is 0 Å². The predicted molar refractivity (Wildman–Crippen MR) is 75.1 cm³/mol. The summed E-state index contributed by atoms with van der Waals surface area (Å²) < 4.78 is 0. The molecule has 0 saturated heterocycles. The molecular weight excluding hydrogens is 210 g/mol. The van der Waals surface area contributed by atoms with Gasteiger partial charge in [-0.1, -0.05) is 53.4 Å². The molecule has 0 rings (SSSR count). The Balaban J connectivity index is 3.28. The quantitative estimate of drug-likeness (QED) is 0.599. The van der Waals surface area contributed by atoms with Gasteiger partial charge in [-0.3, -0.25) is 4.79 Å². The van der Waals surface area contributed by atoms with E-state index >= 15 is 0 Å². The molecule has 0 fully saturated rings. The van der Waals surface area contributed by atoms with Crippen molar-refractivity contribution in [2.24, 2.45) is 5.41 Å². The summed E-state index contributed by atoms with van der Waals surface area (Å²) in [7, 11) is 0. The second-order valence-corrected chi connectivity index (χ2v) is 6.18. The van der Waals surface area contributed by atoms with Crippen LogP contribution in [0.5, 0.6) is 0 Å². The van der Waals surface area contributed by atoms with Gasteiger partial charge < -0.3 is 5.32 Å². The van der Waals surface area contributed by atoms with Gasteiger partial charge in [-0.15, -0.1) is 0 Å². The maximum Gasteiger partial charge on any atom is 0.219 e. The highest BCUT2D eigenvalue weighted by molar-refractivity contribution is 5.75. The Morgan fingerprint density at radius 1 is 1.00 bits per heavy atom. The van der Waals surface area contributed by atoms with Crippen molar-refractivity contribution in [1.29, 1.82) is 0 Å². The molecule has 0 aliphatic carbocycles. The maximum atomic E-state index is 11.5. The Hall–Kier alpha value is -0.530. The van der Waals surface area contributed by atoms with Crippen LogP contribution in [0, 0.1) is 5.41 Å². The first-order chi connectivity index (χ1) is 7.95. The molecule has 2 nitrogen and oxygen atoms in total. The maximum absolute atomic E-state index is 11.5. The monoisotopic (exact) mass is 241 g/mol. The highest BCUT2D eigenvalue weighted by Crippen LogP contribution is 2.22. The molecular formula is C15H31NO. The summed E-state index contributed by atoms with van der Waals surface area (Å²) in [6.45, 7) is 9.85. The first kappa shape index (κ1) is 16.5. The average molecular weight is 241 g/mol. The van der Waals surface area contributed by atoms with Gasteiger partial charge in [0.2, 0.25) is 5.91 Å². The molecule has 1 N–H and O–H groups in total. The van der Waals surface area contributed by atoms with Gasteiger partial charge in [0.15, 0.2) is 0 Å². The van der Waals surface area contributed by atoms with Crippen LogP contribution in [0.25, 0.3) is 0 Å². The first-order valence-electron chi connectivity index (χ1n) is 7.22. The fourth-order valence-electron chi connectivity index (χ4n) is 1.81. The van der Waals surface area contributed by atoms with Crippen molar-refractivity contribution in [2.75, 3.05) is 6.54 Å². The molecule has 0 aromatic rings. The fourth-order valence-corrected chi connectivity index (χ4v) is 1.81. The van der Waals surface area contributed by atoms with Crippen molar-refractivity contribution < 1.29 is 4.79 Å². The van der Waals surface area contributed by atoms with Crippen LogP contribution in [-0.4, -0.2) is 12.5 Å². The lowest BCUT2D eigenvalue weighted by Gasteiger charge is -2.17. The summed E-state index contributed by atoms with van der Waals surface area (Å²) in [6, 6.07) is 0. The summed E-state index contributed by atoms with van der Waals surface area (Å²) >= 11 is 0. The Bertz CT molecular complexity index is 194. The first-order valence-corrected chi connectivity index (χ1v) is 7.22. The third-order valence-corrected chi connectivity index (χ3v) is 2.93. The van der Waals surface area contributed by atoms with E-state index in [4.69, 9.17) is 0 Å². The number of hydrogen-bond donors (Lipinski definition) is 1. The Labute approximate surface area is 108 Å². The molecule has 0 heterocycles. The van der Waals surface area contributed by atoms with Gasteiger partial charge in [0.1, 0.15) is 0 Å². The smallest absolute Gasteiger partial charge is 0.219 e. The van der Waals surface area contributed by atoms with Crippen molar-refractivity contribution in [2.45, 2.75) is 79.1 Å². The summed E-state index contributed by atoms with van der Waals surface area (Å²) in [4.78, 5) is 11.5. The summed E-state index contributed by atoms with van der Waals surface area (Å²) in [5, 5.41) is 2.99. The van der Waals surface area contributed by atoms with Crippen molar-refractivity contribution in [3.63, 3.8) is 0 Å². The van der Waals surface area contributed by atoms with Crippen LogP contribution in [0.1, 0.15) is 79.1 Å². The van der Waals surface area contributed by atoms with Crippen molar-refractivity contribution in [1.82, 2.24) is 5.32 Å². The van der Waals surface area contributed by atoms with E-state index in [0.29, 0.717) is 11.8 Å². The summed E-state index contributed by atoms with van der Waals surface area (Å²) in [6.07, 6.45) is 8.96. The molecule has 0 spiro atoms. The minimum absolute atomic E-state index is 0.233. The third kappa shape index (κ3) is 13.4. The van der Waals surface area contributed by atoms with Crippen LogP contribution < -0.4 is 5.32 Å². The minimum atomic E-state index is 0.233. The molecule has 0 bridgehead atoms. The molecule has 17 heavy (non-hydrogen) atoms. The van der Waals surface area contributed by atoms with E-state index in [9.17, 15) is 4.79 Å². The molecule has 102 valence electrons. The third-order valence-electron chi connectivity index (χ3n) is 2.93. The molecule has 0 aliphatic heterocycles. The lowest BCUT2D eigenvalue weighted by atomic mass is 9.89. The van der Waals surface area contributed by atoms with Gasteiger partial charge in [-0.25, -0.2) is 0 Å². The van der Waals surface area contributed by atoms with Crippen molar-refractivity contribution in [3.05, 3.63) is 0 Å². The summed E-state index contributed by atoms with van der Waals surface area (Å²) in [5.74, 6) is 0.233. The number of hydrogen-bond acceptors (Lipinski definition) is 1. The van der Waals surface area contributed by atoms with Crippen LogP contribution in [-0.2, 0) is 4.79 Å². The Kier molecular flexibility index (Phi) is 9.20. The van der Waals surface area contributed by atoms with Crippen LogP contribution in [0.3, 0.4) is 0 Å². The molecule has 0 radical (unpaired) electrons. The zero-order valence-electron chi connectivity index (χ0n) is 12.3. The zero-order valence-corrected chi connectivity index (χ0v) is 12.3. The van der Waals surface area contributed by atoms with E-state index < -0.39 is 0 Å². The molecule has 0 atom stereocenters. The van der Waals surface area contributed by atoms with E-state index in [1.54, 1.807) is 0 Å². The van der Waals surface area contributed by atoms with Gasteiger partial charge in [0, 0.05) is 13.0 Å². The lowest BCUT2D eigenvalue weighted by molar-refractivity contribution is -0.121. The van der Waals surface area contributed by atoms with Gasteiger partial charge in [-0.2, -0.15) is 0 Å². The number of carbonyl (C=O) groups excluding carboxylic acids is 1. The van der Waals surface area contributed by atoms with Crippen molar-refractivity contribution >= 4 is 5.91 Å². The Morgan fingerprint density at radius 2 is 1.71 bits per heavy atom. The van der Waals surface area contributed by atoms with E-state index in [0.717, 1.165) is 19.4 Å². The molecule has 0 aromatic carbocycles. The molecule has 0 saturated carbocycles. The normalized spacial score (nSPS) is 11.5. The second kappa shape index (κ2) is 9.49. The van der Waals surface area contributed by atoms with E-state index in [1.807, 2.05) is 0 Å². The van der Waals surface area contributed by atoms with E-state index in [-0.39, 0.29) is 5.91 Å². The lowest BCUT2D eigenvalue weighted by Crippen LogP contribution is -2.23. The summed E-state index contributed by atoms with van der Waals surface area (Å²) in [5.41, 5.74) is 0.433. The van der Waals surface area contributed by atoms with E-state index in [2.05, 4.69) is 33.0 Å². The minimum Gasteiger partial charge on any atom is -0.356 e. The van der Waals surface area contributed by atoms with E-state index in [1.165, 1.54) is 32.1 Å². The number of nitrogens with one attached hydrogen (secondary N) is 1. The SMILES string of the molecule is CCCCCNC(=O)CCCCCC(C)(C)C. The number of rotatable bonds is 9. The largest absolute Gasteiger partial charge is 0.356 e. The topological polar surface area (TPSA) is 29.1 Å². The van der Waals surface area contributed by atoms with Crippen molar-refractivity contribution in [3.8, 4) is 0 Å². The molecule has 0 aromatic heterocycles. The number of amides is 1. The Morgan fingerprint density at radius 3 is 2.29 bits per heavy atom. The van der Waals surface area contributed by atoms with Crippen LogP contribution in [0.15, 0.2) is 0 Å². The van der Waals surface area contributed by atoms with Gasteiger partial charge >= 0.3 is 0 Å². The molecule has 0 aliphatic rings. The average Bonchev–Trinajstić information content (AvgIpc) is 2.22. The molecule has 0 unspecified atom stereocenters. The highest BCUT2D eigenvalue weighted by Gasteiger charge is 2.09.